The third kappa shape index (κ3) is 2.90. The first-order valence-electron chi connectivity index (χ1n) is 6.04. The van der Waals surface area contributed by atoms with Gasteiger partial charge in [-0.3, -0.25) is 4.79 Å². The lowest BCUT2D eigenvalue weighted by Gasteiger charge is -2.35. The van der Waals surface area contributed by atoms with E-state index in [4.69, 9.17) is 11.6 Å². The lowest BCUT2D eigenvalue weighted by molar-refractivity contribution is -0.130. The molecule has 18 heavy (non-hydrogen) atoms. The van der Waals surface area contributed by atoms with Gasteiger partial charge >= 0.3 is 0 Å². The molecular weight excluding hydrogens is 252 g/mol. The second-order valence-electron chi connectivity index (χ2n) is 4.45. The molecule has 2 heterocycles. The highest BCUT2D eigenvalue weighted by Crippen LogP contribution is 2.14. The molecule has 1 saturated heterocycles. The lowest BCUT2D eigenvalue weighted by Crippen LogP contribution is -2.50. The van der Waals surface area contributed by atoms with Crippen molar-refractivity contribution in [1.29, 1.82) is 0 Å². The van der Waals surface area contributed by atoms with E-state index in [9.17, 15) is 4.79 Å². The molecule has 2 rings (SSSR count). The molecule has 0 aliphatic carbocycles. The summed E-state index contributed by atoms with van der Waals surface area (Å²) < 4.78 is 0. The number of nitrogens with zero attached hydrogens (tertiary/aromatic N) is 4. The Morgan fingerprint density at radius 1 is 1.33 bits per heavy atom. The monoisotopic (exact) mass is 268 g/mol. The number of carbonyl (C=O) groups excluding carboxylic acids is 1. The minimum Gasteiger partial charge on any atom is -0.353 e. The number of anilines is 1. The van der Waals surface area contributed by atoms with Crippen molar-refractivity contribution >= 4 is 23.3 Å². The van der Waals surface area contributed by atoms with Gasteiger partial charge in [-0.25, -0.2) is 9.97 Å². The van der Waals surface area contributed by atoms with Crippen LogP contribution in [0.15, 0.2) is 12.4 Å². The van der Waals surface area contributed by atoms with Crippen molar-refractivity contribution in [2.45, 2.75) is 19.2 Å². The predicted octanol–water partition coefficient (Wildman–Crippen LogP) is 1.06. The molecule has 1 atom stereocenters. The summed E-state index contributed by atoms with van der Waals surface area (Å²) >= 11 is 5.81. The molecule has 0 saturated carbocycles. The van der Waals surface area contributed by atoms with E-state index in [0.29, 0.717) is 13.1 Å². The van der Waals surface area contributed by atoms with Crippen LogP contribution in [0.4, 0.5) is 5.82 Å². The lowest BCUT2D eigenvalue weighted by atomic mass is 10.2. The fourth-order valence-electron chi connectivity index (χ4n) is 2.02. The highest BCUT2D eigenvalue weighted by atomic mass is 35.5. The van der Waals surface area contributed by atoms with Crippen LogP contribution in [0.2, 0.25) is 0 Å². The molecule has 0 bridgehead atoms. The number of alkyl halides is 1. The summed E-state index contributed by atoms with van der Waals surface area (Å²) in [6.07, 6.45) is 1.57. The summed E-state index contributed by atoms with van der Waals surface area (Å²) in [5.41, 5.74) is 0.952. The quantitative estimate of drug-likeness (QED) is 0.753. The van der Waals surface area contributed by atoms with Gasteiger partial charge in [0.1, 0.15) is 17.5 Å². The Morgan fingerprint density at radius 3 is 2.56 bits per heavy atom. The zero-order valence-corrected chi connectivity index (χ0v) is 11.4. The summed E-state index contributed by atoms with van der Waals surface area (Å²) in [7, 11) is 0. The van der Waals surface area contributed by atoms with Crippen LogP contribution >= 0.6 is 11.6 Å². The van der Waals surface area contributed by atoms with Crippen molar-refractivity contribution in [2.75, 3.05) is 31.1 Å². The molecule has 0 spiro atoms. The molecule has 5 nitrogen and oxygen atoms in total. The molecule has 1 aromatic heterocycles. The van der Waals surface area contributed by atoms with Crippen molar-refractivity contribution < 1.29 is 4.79 Å². The van der Waals surface area contributed by atoms with Gasteiger partial charge in [0.2, 0.25) is 5.91 Å². The number of halogens is 1. The van der Waals surface area contributed by atoms with Gasteiger partial charge in [-0.2, -0.15) is 0 Å². The topological polar surface area (TPSA) is 49.3 Å². The smallest absolute Gasteiger partial charge is 0.240 e. The maximum absolute atomic E-state index is 11.7. The van der Waals surface area contributed by atoms with Crippen LogP contribution in [0.3, 0.4) is 0 Å². The molecule has 1 aliphatic rings. The Hall–Kier alpha value is -1.36. The predicted molar refractivity (Wildman–Crippen MR) is 70.9 cm³/mol. The average Bonchev–Trinajstić information content (AvgIpc) is 2.38. The minimum atomic E-state index is -0.446. The minimum absolute atomic E-state index is 0.00943. The van der Waals surface area contributed by atoms with Crippen molar-refractivity contribution in [3.63, 3.8) is 0 Å². The molecule has 1 aromatic rings. The molecule has 98 valence electrons. The largest absolute Gasteiger partial charge is 0.353 e. The maximum Gasteiger partial charge on any atom is 0.240 e. The van der Waals surface area contributed by atoms with Gasteiger partial charge < -0.3 is 9.80 Å². The fraction of sp³-hybridized carbons (Fsp3) is 0.583. The molecular formula is C12H17ClN4O. The Kier molecular flexibility index (Phi) is 4.01. The van der Waals surface area contributed by atoms with E-state index in [1.807, 2.05) is 17.9 Å². The number of hydrogen-bond acceptors (Lipinski definition) is 4. The van der Waals surface area contributed by atoms with Crippen molar-refractivity contribution in [3.8, 4) is 0 Å². The van der Waals surface area contributed by atoms with E-state index >= 15 is 0 Å². The van der Waals surface area contributed by atoms with Crippen molar-refractivity contribution in [2.24, 2.45) is 0 Å². The SMILES string of the molecule is Cc1cc(N2CCN(C(=O)C(C)Cl)CC2)ncn1. The molecule has 1 amide bonds. The number of rotatable bonds is 2. The first kappa shape index (κ1) is 13.1. The molecule has 1 fully saturated rings. The van der Waals surface area contributed by atoms with E-state index in [-0.39, 0.29) is 5.91 Å². The zero-order valence-electron chi connectivity index (χ0n) is 10.6. The first-order chi connectivity index (χ1) is 8.58. The highest BCUT2D eigenvalue weighted by molar-refractivity contribution is 6.30. The average molecular weight is 269 g/mol. The van der Waals surface area contributed by atoms with Crippen LogP contribution < -0.4 is 4.90 Å². The van der Waals surface area contributed by atoms with Crippen molar-refractivity contribution in [1.82, 2.24) is 14.9 Å². The highest BCUT2D eigenvalue weighted by Gasteiger charge is 2.24. The molecule has 6 heteroatoms. The van der Waals surface area contributed by atoms with E-state index in [0.717, 1.165) is 24.6 Å². The maximum atomic E-state index is 11.7. The van der Waals surface area contributed by atoms with Crippen LogP contribution in [0.25, 0.3) is 0 Å². The van der Waals surface area contributed by atoms with Crippen LogP contribution in [0.5, 0.6) is 0 Å². The molecule has 0 N–H and O–H groups in total. The second-order valence-corrected chi connectivity index (χ2v) is 5.10. The summed E-state index contributed by atoms with van der Waals surface area (Å²) in [6.45, 7) is 6.61. The van der Waals surface area contributed by atoms with E-state index in [1.165, 1.54) is 0 Å². The van der Waals surface area contributed by atoms with Crippen LogP contribution in [0, 0.1) is 6.92 Å². The van der Waals surface area contributed by atoms with E-state index in [1.54, 1.807) is 13.3 Å². The summed E-state index contributed by atoms with van der Waals surface area (Å²) in [5, 5.41) is -0.446. The summed E-state index contributed by atoms with van der Waals surface area (Å²) in [4.78, 5) is 24.1. The number of hydrogen-bond donors (Lipinski definition) is 0. The third-order valence-electron chi connectivity index (χ3n) is 3.04. The van der Waals surface area contributed by atoms with Gasteiger partial charge in [-0.05, 0) is 13.8 Å². The zero-order chi connectivity index (χ0) is 13.1. The molecule has 0 radical (unpaired) electrons. The Morgan fingerprint density at radius 2 is 2.00 bits per heavy atom. The number of carbonyl (C=O) groups is 1. The molecule has 0 aromatic carbocycles. The number of aryl methyl sites for hydroxylation is 1. The molecule has 1 aliphatic heterocycles. The van der Waals surface area contributed by atoms with Gasteiger partial charge in [0.15, 0.2) is 0 Å². The fourth-order valence-corrected chi connectivity index (χ4v) is 2.16. The van der Waals surface area contributed by atoms with Gasteiger partial charge in [0.25, 0.3) is 0 Å². The number of aromatic nitrogens is 2. The number of amides is 1. The van der Waals surface area contributed by atoms with Crippen LogP contribution in [0.1, 0.15) is 12.6 Å². The van der Waals surface area contributed by atoms with Crippen LogP contribution in [-0.4, -0.2) is 52.3 Å². The third-order valence-corrected chi connectivity index (χ3v) is 3.23. The van der Waals surface area contributed by atoms with Crippen LogP contribution in [-0.2, 0) is 4.79 Å². The summed E-state index contributed by atoms with van der Waals surface area (Å²) in [5.74, 6) is 0.934. The van der Waals surface area contributed by atoms with Gasteiger partial charge in [0, 0.05) is 37.9 Å². The van der Waals surface area contributed by atoms with E-state index in [2.05, 4.69) is 14.9 Å². The van der Waals surface area contributed by atoms with Gasteiger partial charge in [-0.15, -0.1) is 11.6 Å². The summed E-state index contributed by atoms with van der Waals surface area (Å²) in [6, 6.07) is 1.96. The standard InChI is InChI=1S/C12H17ClN4O/c1-9-7-11(15-8-14-9)16-3-5-17(6-4-16)12(18)10(2)13/h7-8,10H,3-6H2,1-2H3. The Balaban J connectivity index is 1.96. The van der Waals surface area contributed by atoms with Crippen molar-refractivity contribution in [3.05, 3.63) is 18.1 Å². The Bertz CT molecular complexity index is 430. The van der Waals surface area contributed by atoms with Gasteiger partial charge in [-0.1, -0.05) is 0 Å². The Labute approximate surface area is 112 Å². The van der Waals surface area contributed by atoms with E-state index < -0.39 is 5.38 Å². The second kappa shape index (κ2) is 5.52. The first-order valence-corrected chi connectivity index (χ1v) is 6.48. The van der Waals surface area contributed by atoms with Gasteiger partial charge in [0.05, 0.1) is 0 Å². The number of piperazine rings is 1. The normalized spacial score (nSPS) is 17.7. The molecule has 1 unspecified atom stereocenters.